The molecule has 0 saturated carbocycles. The van der Waals surface area contributed by atoms with Crippen LogP contribution >= 0.6 is 11.6 Å². The number of anilines is 1. The standard InChI is InChI=1S/C13H20BClN2O2/c1-12(2)13(3,4)19-14(18-12)9-7-10(15)16-11(8-9)17(5)6/h7-8H,1-6H3. The van der Waals surface area contributed by atoms with Crippen LogP contribution < -0.4 is 10.4 Å². The molecule has 1 fully saturated rings. The van der Waals surface area contributed by atoms with Crippen molar-refractivity contribution < 1.29 is 9.31 Å². The summed E-state index contributed by atoms with van der Waals surface area (Å²) in [5, 5.41) is 0.441. The van der Waals surface area contributed by atoms with E-state index in [0.29, 0.717) is 5.15 Å². The van der Waals surface area contributed by atoms with Gasteiger partial charge < -0.3 is 14.2 Å². The second kappa shape index (κ2) is 4.65. The number of hydrogen-bond acceptors (Lipinski definition) is 4. The maximum Gasteiger partial charge on any atom is 0.495 e. The van der Waals surface area contributed by atoms with Gasteiger partial charge >= 0.3 is 7.12 Å². The van der Waals surface area contributed by atoms with E-state index in [4.69, 9.17) is 20.9 Å². The SMILES string of the molecule is CN(C)c1cc(B2OC(C)(C)C(C)(C)O2)cc(Cl)n1. The quantitative estimate of drug-likeness (QED) is 0.615. The van der Waals surface area contributed by atoms with Crippen LogP contribution in [-0.4, -0.2) is 37.4 Å². The lowest BCUT2D eigenvalue weighted by molar-refractivity contribution is 0.00578. The minimum atomic E-state index is -0.413. The number of halogens is 1. The lowest BCUT2D eigenvalue weighted by atomic mass is 9.79. The van der Waals surface area contributed by atoms with Crippen LogP contribution in [0.3, 0.4) is 0 Å². The number of aromatic nitrogens is 1. The Hall–Kier alpha value is -0.775. The van der Waals surface area contributed by atoms with Crippen LogP contribution in [0.2, 0.25) is 5.15 Å². The maximum absolute atomic E-state index is 6.07. The van der Waals surface area contributed by atoms with Gasteiger partial charge in [0.15, 0.2) is 0 Å². The summed E-state index contributed by atoms with van der Waals surface area (Å²) in [5.41, 5.74) is 0.180. The third kappa shape index (κ3) is 2.73. The van der Waals surface area contributed by atoms with Crippen LogP contribution in [0.1, 0.15) is 27.7 Å². The van der Waals surface area contributed by atoms with Gasteiger partial charge in [0, 0.05) is 14.1 Å². The molecule has 0 aromatic carbocycles. The Morgan fingerprint density at radius 3 is 2.11 bits per heavy atom. The second-order valence-electron chi connectivity index (χ2n) is 6.06. The Morgan fingerprint density at radius 2 is 1.63 bits per heavy atom. The third-order valence-electron chi connectivity index (χ3n) is 3.79. The summed E-state index contributed by atoms with van der Waals surface area (Å²) in [6.07, 6.45) is 0. The van der Waals surface area contributed by atoms with Crippen molar-refractivity contribution >= 4 is 30.0 Å². The highest BCUT2D eigenvalue weighted by Crippen LogP contribution is 2.36. The lowest BCUT2D eigenvalue weighted by Crippen LogP contribution is -2.41. The van der Waals surface area contributed by atoms with E-state index in [9.17, 15) is 0 Å². The van der Waals surface area contributed by atoms with E-state index in [0.717, 1.165) is 11.3 Å². The van der Waals surface area contributed by atoms with E-state index in [1.54, 1.807) is 6.07 Å². The fourth-order valence-electron chi connectivity index (χ4n) is 1.85. The van der Waals surface area contributed by atoms with E-state index < -0.39 is 7.12 Å². The first-order chi connectivity index (χ1) is 8.62. The van der Waals surface area contributed by atoms with E-state index in [-0.39, 0.29) is 11.2 Å². The van der Waals surface area contributed by atoms with Crippen LogP contribution in [0.4, 0.5) is 5.82 Å². The molecule has 1 aliphatic rings. The summed E-state index contributed by atoms with van der Waals surface area (Å²) in [4.78, 5) is 6.16. The average Bonchev–Trinajstić information content (AvgIpc) is 2.47. The Bertz CT molecular complexity index is 476. The molecule has 1 aromatic rings. The van der Waals surface area contributed by atoms with Crippen molar-refractivity contribution in [2.45, 2.75) is 38.9 Å². The summed E-state index contributed by atoms with van der Waals surface area (Å²) in [6.45, 7) is 8.12. The van der Waals surface area contributed by atoms with Crippen molar-refractivity contribution in [2.75, 3.05) is 19.0 Å². The molecule has 0 N–H and O–H groups in total. The largest absolute Gasteiger partial charge is 0.495 e. The van der Waals surface area contributed by atoms with Gasteiger partial charge in [-0.25, -0.2) is 4.98 Å². The Kier molecular flexibility index (Phi) is 3.58. The predicted molar refractivity (Wildman–Crippen MR) is 79.3 cm³/mol. The molecule has 4 nitrogen and oxygen atoms in total. The molecule has 2 heterocycles. The van der Waals surface area contributed by atoms with Crippen molar-refractivity contribution in [3.8, 4) is 0 Å². The van der Waals surface area contributed by atoms with Crippen LogP contribution in [0.25, 0.3) is 0 Å². The molecule has 0 atom stereocenters. The average molecular weight is 283 g/mol. The van der Waals surface area contributed by atoms with Crippen molar-refractivity contribution in [2.24, 2.45) is 0 Å². The summed E-state index contributed by atoms with van der Waals surface area (Å²) >= 11 is 6.07. The van der Waals surface area contributed by atoms with Crippen molar-refractivity contribution in [3.63, 3.8) is 0 Å². The van der Waals surface area contributed by atoms with E-state index in [1.807, 2.05) is 52.8 Å². The van der Waals surface area contributed by atoms with Gasteiger partial charge in [0.1, 0.15) is 11.0 Å². The van der Waals surface area contributed by atoms with Gasteiger partial charge in [0.2, 0.25) is 0 Å². The summed E-state index contributed by atoms with van der Waals surface area (Å²) in [5.74, 6) is 0.789. The number of pyridine rings is 1. The lowest BCUT2D eigenvalue weighted by Gasteiger charge is -2.32. The van der Waals surface area contributed by atoms with Crippen LogP contribution in [-0.2, 0) is 9.31 Å². The molecule has 2 rings (SSSR count). The molecule has 0 spiro atoms. The Balaban J connectivity index is 2.34. The monoisotopic (exact) mass is 282 g/mol. The topological polar surface area (TPSA) is 34.6 Å². The number of hydrogen-bond donors (Lipinski definition) is 0. The number of nitrogens with zero attached hydrogens (tertiary/aromatic N) is 2. The third-order valence-corrected chi connectivity index (χ3v) is 3.98. The first-order valence-electron chi connectivity index (χ1n) is 6.33. The molecule has 0 aliphatic carbocycles. The predicted octanol–water partition coefficient (Wildman–Crippen LogP) is 2.10. The molecular formula is C13H20BClN2O2. The second-order valence-corrected chi connectivity index (χ2v) is 6.45. The molecule has 1 aliphatic heterocycles. The van der Waals surface area contributed by atoms with Crippen LogP contribution in [0, 0.1) is 0 Å². The normalized spacial score (nSPS) is 20.7. The molecule has 0 amide bonds. The molecule has 104 valence electrons. The van der Waals surface area contributed by atoms with Gasteiger partial charge in [-0.2, -0.15) is 0 Å². The molecule has 0 unspecified atom stereocenters. The fraction of sp³-hybridized carbons (Fsp3) is 0.615. The van der Waals surface area contributed by atoms with Crippen molar-refractivity contribution in [3.05, 3.63) is 17.3 Å². The van der Waals surface area contributed by atoms with Crippen LogP contribution in [0.5, 0.6) is 0 Å². The minimum Gasteiger partial charge on any atom is -0.399 e. The molecule has 0 radical (unpaired) electrons. The highest BCUT2D eigenvalue weighted by Gasteiger charge is 2.51. The Morgan fingerprint density at radius 1 is 1.11 bits per heavy atom. The van der Waals surface area contributed by atoms with Crippen molar-refractivity contribution in [1.82, 2.24) is 4.98 Å². The zero-order chi connectivity index (χ0) is 14.4. The zero-order valence-corrected chi connectivity index (χ0v) is 13.1. The smallest absolute Gasteiger partial charge is 0.399 e. The van der Waals surface area contributed by atoms with E-state index >= 15 is 0 Å². The first-order valence-corrected chi connectivity index (χ1v) is 6.71. The Labute approximate surface area is 120 Å². The molecular weight excluding hydrogens is 262 g/mol. The fourth-order valence-corrected chi connectivity index (χ4v) is 2.06. The highest BCUT2D eigenvalue weighted by atomic mass is 35.5. The van der Waals surface area contributed by atoms with Crippen molar-refractivity contribution in [1.29, 1.82) is 0 Å². The van der Waals surface area contributed by atoms with Gasteiger partial charge in [-0.05, 0) is 45.3 Å². The van der Waals surface area contributed by atoms with Gasteiger partial charge in [0.25, 0.3) is 0 Å². The first kappa shape index (κ1) is 14.6. The maximum atomic E-state index is 6.07. The highest BCUT2D eigenvalue weighted by molar-refractivity contribution is 6.62. The van der Waals surface area contributed by atoms with E-state index in [2.05, 4.69) is 4.98 Å². The van der Waals surface area contributed by atoms with E-state index in [1.165, 1.54) is 0 Å². The molecule has 1 aromatic heterocycles. The minimum absolute atomic E-state index is 0.355. The molecule has 6 heteroatoms. The summed E-state index contributed by atoms with van der Waals surface area (Å²) in [7, 11) is 3.43. The van der Waals surface area contributed by atoms with Gasteiger partial charge in [-0.15, -0.1) is 0 Å². The number of rotatable bonds is 2. The molecule has 1 saturated heterocycles. The molecule has 19 heavy (non-hydrogen) atoms. The van der Waals surface area contributed by atoms with Gasteiger partial charge in [0.05, 0.1) is 11.2 Å². The van der Waals surface area contributed by atoms with Crippen LogP contribution in [0.15, 0.2) is 12.1 Å². The molecule has 0 bridgehead atoms. The van der Waals surface area contributed by atoms with Gasteiger partial charge in [-0.3, -0.25) is 0 Å². The summed E-state index contributed by atoms with van der Waals surface area (Å²) in [6, 6.07) is 3.73. The summed E-state index contributed by atoms with van der Waals surface area (Å²) < 4.78 is 12.0. The van der Waals surface area contributed by atoms with Gasteiger partial charge in [-0.1, -0.05) is 11.6 Å². The zero-order valence-electron chi connectivity index (χ0n) is 12.3.